The van der Waals surface area contributed by atoms with Crippen LogP contribution in [0.25, 0.3) is 0 Å². The Kier molecular flexibility index (Phi) is 1.95. The topological polar surface area (TPSA) is 52.6 Å². The first kappa shape index (κ1) is 14.0. The summed E-state index contributed by atoms with van der Waals surface area (Å²) in [4.78, 5) is 26.7. The van der Waals surface area contributed by atoms with Crippen molar-refractivity contribution < 1.29 is 19.1 Å². The van der Waals surface area contributed by atoms with Gasteiger partial charge in [0.15, 0.2) is 0 Å². The summed E-state index contributed by atoms with van der Waals surface area (Å²) in [5.41, 5.74) is -0.593. The van der Waals surface area contributed by atoms with E-state index in [1.165, 1.54) is 0 Å². The Labute approximate surface area is 153 Å². The highest BCUT2D eigenvalue weighted by molar-refractivity contribution is 5.83. The maximum Gasteiger partial charge on any atom is 0.312 e. The van der Waals surface area contributed by atoms with Crippen molar-refractivity contribution in [1.29, 1.82) is 0 Å². The van der Waals surface area contributed by atoms with Crippen molar-refractivity contribution in [2.45, 2.75) is 51.7 Å². The Morgan fingerprint density at radius 2 is 1.08 bits per heavy atom. The molecule has 2 aliphatic heterocycles. The fraction of sp³-hybridized carbons (Fsp3) is 0.909. The first-order valence-corrected chi connectivity index (χ1v) is 10.9. The number of carbonyl (C=O) groups is 2. The van der Waals surface area contributed by atoms with Gasteiger partial charge in [0.25, 0.3) is 0 Å². The Morgan fingerprint density at radius 1 is 0.654 bits per heavy atom. The summed E-state index contributed by atoms with van der Waals surface area (Å²) in [6.45, 7) is 4.53. The molecule has 0 unspecified atom stereocenters. The van der Waals surface area contributed by atoms with Gasteiger partial charge in [-0.3, -0.25) is 9.59 Å². The molecule has 2 saturated heterocycles. The van der Waals surface area contributed by atoms with Gasteiger partial charge >= 0.3 is 11.9 Å². The molecule has 6 saturated carbocycles. The molecule has 0 N–H and O–H groups in total. The van der Waals surface area contributed by atoms with E-state index in [0.717, 1.165) is 25.7 Å². The van der Waals surface area contributed by atoms with Crippen molar-refractivity contribution in [3.63, 3.8) is 0 Å². The third-order valence-electron chi connectivity index (χ3n) is 11.4. The van der Waals surface area contributed by atoms with E-state index in [0.29, 0.717) is 59.2 Å². The third kappa shape index (κ3) is 1.00. The van der Waals surface area contributed by atoms with Crippen LogP contribution in [0.3, 0.4) is 0 Å². The summed E-state index contributed by atoms with van der Waals surface area (Å²) in [5, 5.41) is 0. The number of hydrogen-bond acceptors (Lipinski definition) is 4. The Morgan fingerprint density at radius 3 is 1.50 bits per heavy atom. The van der Waals surface area contributed by atoms with E-state index in [1.807, 2.05) is 0 Å². The zero-order chi connectivity index (χ0) is 17.3. The number of esters is 2. The van der Waals surface area contributed by atoms with Crippen molar-refractivity contribution in [3.05, 3.63) is 0 Å². The van der Waals surface area contributed by atoms with E-state index in [2.05, 4.69) is 13.8 Å². The maximum atomic E-state index is 13.4. The minimum absolute atomic E-state index is 0.112. The third-order valence-corrected chi connectivity index (χ3v) is 11.4. The first-order valence-electron chi connectivity index (χ1n) is 10.9. The molecule has 4 heteroatoms. The summed E-state index contributed by atoms with van der Waals surface area (Å²) in [5.74, 6) is 5.35. The van der Waals surface area contributed by atoms with E-state index < -0.39 is 0 Å². The van der Waals surface area contributed by atoms with E-state index in [4.69, 9.17) is 9.47 Å². The van der Waals surface area contributed by atoms with Crippen LogP contribution in [-0.4, -0.2) is 24.1 Å². The normalized spacial score (nSPS) is 72.7. The summed E-state index contributed by atoms with van der Waals surface area (Å²) in [6, 6.07) is 0. The molecule has 0 aromatic carbocycles. The van der Waals surface area contributed by atoms with Crippen molar-refractivity contribution in [2.75, 3.05) is 0 Å². The van der Waals surface area contributed by atoms with E-state index in [-0.39, 0.29) is 35.0 Å². The maximum absolute atomic E-state index is 13.4. The van der Waals surface area contributed by atoms with Gasteiger partial charge in [0.2, 0.25) is 0 Å². The van der Waals surface area contributed by atoms with E-state index in [1.54, 1.807) is 0 Å². The van der Waals surface area contributed by atoms with Crippen LogP contribution < -0.4 is 0 Å². The summed E-state index contributed by atoms with van der Waals surface area (Å²) < 4.78 is 12.3. The number of fused-ring (bicyclic) bond motifs is 4. The molecular formula is C22H26O4. The average molecular weight is 354 g/mol. The molecule has 138 valence electrons. The molecule has 0 radical (unpaired) electrons. The molecule has 0 bridgehead atoms. The van der Waals surface area contributed by atoms with Gasteiger partial charge in [-0.25, -0.2) is 0 Å². The summed E-state index contributed by atoms with van der Waals surface area (Å²) >= 11 is 0. The lowest BCUT2D eigenvalue weighted by atomic mass is 9.61. The zero-order valence-corrected chi connectivity index (χ0v) is 15.4. The van der Waals surface area contributed by atoms with Gasteiger partial charge < -0.3 is 9.47 Å². The molecule has 8 rings (SSSR count). The van der Waals surface area contributed by atoms with Gasteiger partial charge in [0.05, 0.1) is 10.8 Å². The standard InChI is InChI=1S/C22H26O4/c1-21-15-7-3-5-10-12(7)18-13(15)14-16(22(18,2)20(24)26-10)8-4-6-9(25-19(21)23)11(8)17(14)21/h7-18H,3-6H2,1-2H3/t7-,8+,9+,10-,11-,12-,13-,14+,15+,16+,17+,18-,21+,22+/m1/s1. The lowest BCUT2D eigenvalue weighted by Gasteiger charge is -2.47. The highest BCUT2D eigenvalue weighted by Crippen LogP contribution is 2.86. The van der Waals surface area contributed by atoms with Crippen LogP contribution in [0.15, 0.2) is 0 Å². The van der Waals surface area contributed by atoms with Crippen LogP contribution in [-0.2, 0) is 19.1 Å². The molecular weight excluding hydrogens is 328 g/mol. The highest BCUT2D eigenvalue weighted by Gasteiger charge is 2.88. The van der Waals surface area contributed by atoms with Gasteiger partial charge in [0, 0.05) is 11.8 Å². The van der Waals surface area contributed by atoms with E-state index in [9.17, 15) is 9.59 Å². The molecule has 2 heterocycles. The molecule has 0 aromatic heterocycles. The summed E-state index contributed by atoms with van der Waals surface area (Å²) in [7, 11) is 0. The smallest absolute Gasteiger partial charge is 0.312 e. The number of ether oxygens (including phenoxy) is 2. The molecule has 8 aliphatic rings. The van der Waals surface area contributed by atoms with Crippen molar-refractivity contribution in [2.24, 2.45) is 70.0 Å². The largest absolute Gasteiger partial charge is 0.462 e. The summed E-state index contributed by atoms with van der Waals surface area (Å²) in [6.07, 6.45) is 4.56. The second-order valence-corrected chi connectivity index (χ2v) is 11.3. The monoisotopic (exact) mass is 354 g/mol. The average Bonchev–Trinajstić information content (AvgIpc) is 3.34. The molecule has 0 amide bonds. The fourth-order valence-electron chi connectivity index (χ4n) is 11.4. The van der Waals surface area contributed by atoms with Crippen LogP contribution >= 0.6 is 0 Å². The van der Waals surface area contributed by atoms with E-state index >= 15 is 0 Å². The van der Waals surface area contributed by atoms with Crippen LogP contribution in [0, 0.1) is 70.0 Å². The molecule has 0 aromatic rings. The van der Waals surface area contributed by atoms with Crippen LogP contribution in [0.5, 0.6) is 0 Å². The molecule has 26 heavy (non-hydrogen) atoms. The molecule has 8 fully saturated rings. The molecule has 0 spiro atoms. The lowest BCUT2D eigenvalue weighted by molar-refractivity contribution is -0.189. The quantitative estimate of drug-likeness (QED) is 0.628. The predicted molar refractivity (Wildman–Crippen MR) is 89.3 cm³/mol. The van der Waals surface area contributed by atoms with Crippen LogP contribution in [0.2, 0.25) is 0 Å². The van der Waals surface area contributed by atoms with Gasteiger partial charge in [-0.15, -0.1) is 0 Å². The van der Waals surface area contributed by atoms with Crippen LogP contribution in [0.1, 0.15) is 39.5 Å². The molecule has 14 atom stereocenters. The Balaban J connectivity index is 1.45. The zero-order valence-electron chi connectivity index (χ0n) is 15.4. The van der Waals surface area contributed by atoms with Gasteiger partial charge in [0.1, 0.15) is 12.2 Å². The van der Waals surface area contributed by atoms with Crippen molar-refractivity contribution >= 4 is 11.9 Å². The highest BCUT2D eigenvalue weighted by atomic mass is 16.6. The Hall–Kier alpha value is -1.06. The predicted octanol–water partition coefficient (Wildman–Crippen LogP) is 2.65. The minimum Gasteiger partial charge on any atom is -0.462 e. The Bertz CT molecular complexity index is 740. The number of rotatable bonds is 0. The second-order valence-electron chi connectivity index (χ2n) is 11.3. The van der Waals surface area contributed by atoms with Crippen LogP contribution in [0.4, 0.5) is 0 Å². The second kappa shape index (κ2) is 3.63. The number of hydrogen-bond donors (Lipinski definition) is 0. The van der Waals surface area contributed by atoms with Crippen molar-refractivity contribution in [1.82, 2.24) is 0 Å². The SMILES string of the molecule is C[C@@]12C(=O)O[C@@H]3CC[C@@H]4[C@H]3[C@@H]1[C@@H]1[C@@H]3[C@@H]5[C@@H]6[C@H](CC[C@@H]6OC(=O)[C@@]5(C)[C@@H]41)[C@@H]32. The first-order chi connectivity index (χ1) is 12.5. The molecule has 4 nitrogen and oxygen atoms in total. The minimum atomic E-state index is -0.297. The van der Waals surface area contributed by atoms with Gasteiger partial charge in [-0.1, -0.05) is 0 Å². The molecule has 6 aliphatic carbocycles. The van der Waals surface area contributed by atoms with Crippen molar-refractivity contribution in [3.8, 4) is 0 Å². The van der Waals surface area contributed by atoms with Gasteiger partial charge in [-0.05, 0) is 86.9 Å². The number of carbonyl (C=O) groups excluding carboxylic acids is 2. The van der Waals surface area contributed by atoms with Gasteiger partial charge in [-0.2, -0.15) is 0 Å². The lowest BCUT2D eigenvalue weighted by Crippen LogP contribution is -2.53. The fourth-order valence-corrected chi connectivity index (χ4v) is 11.4.